The van der Waals surface area contributed by atoms with Crippen LogP contribution in [0.3, 0.4) is 0 Å². The van der Waals surface area contributed by atoms with E-state index in [4.69, 9.17) is 0 Å². The molecule has 3 heteroatoms. The summed E-state index contributed by atoms with van der Waals surface area (Å²) in [7, 11) is 0. The first-order chi connectivity index (χ1) is 15.6. The molecule has 2 aliphatic rings. The predicted molar refractivity (Wildman–Crippen MR) is 135 cm³/mol. The van der Waals surface area contributed by atoms with Crippen LogP contribution in [-0.4, -0.2) is 11.0 Å². The molecule has 3 rings (SSSR count). The van der Waals surface area contributed by atoms with Crippen molar-refractivity contribution < 1.29 is 4.39 Å². The van der Waals surface area contributed by atoms with Gasteiger partial charge >= 0.3 is 0 Å². The highest BCUT2D eigenvalue weighted by Crippen LogP contribution is 2.28. The number of allylic oxidation sites excluding steroid dienone is 9. The Morgan fingerprint density at radius 1 is 1.25 bits per heavy atom. The SMILES string of the molecule is C=Cc1ccc(F)c(C2=C/C/C=C(/CC3=CCC(N/C(C)=C\CCCC)CC3)C/C=C\2)n1. The van der Waals surface area contributed by atoms with Gasteiger partial charge in [-0.15, -0.1) is 0 Å². The van der Waals surface area contributed by atoms with Gasteiger partial charge in [-0.05, 0) is 75.7 Å². The molecule has 1 N–H and O–H groups in total. The number of pyridine rings is 1. The first kappa shape index (κ1) is 24.0. The zero-order chi connectivity index (χ0) is 22.8. The summed E-state index contributed by atoms with van der Waals surface area (Å²) in [6.07, 6.45) is 24.8. The Morgan fingerprint density at radius 3 is 2.88 bits per heavy atom. The summed E-state index contributed by atoms with van der Waals surface area (Å²) in [4.78, 5) is 4.40. The van der Waals surface area contributed by atoms with E-state index < -0.39 is 0 Å². The van der Waals surface area contributed by atoms with Crippen LogP contribution < -0.4 is 5.32 Å². The standard InChI is InChI=1S/C29H37FN2/c1-4-6-7-10-22(3)31-27-17-15-24(16-18-27)21-23-11-8-13-25(14-9-12-23)29-28(30)20-19-26(5-2)32-29/h5,8,10,12-15,19-20,27,31H,2,4,6-7,9,11,16-18,21H2,1,3H3/b13-8-,22-10-,23-12+,25-14+. The molecule has 0 fully saturated rings. The van der Waals surface area contributed by atoms with E-state index in [0.29, 0.717) is 17.4 Å². The molecule has 0 amide bonds. The molecule has 1 heterocycles. The molecule has 0 saturated carbocycles. The first-order valence-electron chi connectivity index (χ1n) is 12.0. The van der Waals surface area contributed by atoms with Crippen LogP contribution in [0.4, 0.5) is 4.39 Å². The van der Waals surface area contributed by atoms with Crippen LogP contribution in [0.5, 0.6) is 0 Å². The van der Waals surface area contributed by atoms with Gasteiger partial charge in [0.2, 0.25) is 0 Å². The molecule has 32 heavy (non-hydrogen) atoms. The Morgan fingerprint density at radius 2 is 2.12 bits per heavy atom. The van der Waals surface area contributed by atoms with Crippen LogP contribution in [0.25, 0.3) is 11.6 Å². The van der Waals surface area contributed by atoms with E-state index in [2.05, 4.69) is 61.1 Å². The lowest BCUT2D eigenvalue weighted by atomic mass is 9.89. The topological polar surface area (TPSA) is 24.9 Å². The zero-order valence-electron chi connectivity index (χ0n) is 19.7. The molecule has 2 aliphatic carbocycles. The molecule has 0 spiro atoms. The van der Waals surface area contributed by atoms with Gasteiger partial charge in [0.25, 0.3) is 0 Å². The number of nitrogens with zero attached hydrogens (tertiary/aromatic N) is 1. The molecule has 0 saturated heterocycles. The van der Waals surface area contributed by atoms with Crippen LogP contribution in [-0.2, 0) is 0 Å². The lowest BCUT2D eigenvalue weighted by Crippen LogP contribution is -2.29. The predicted octanol–water partition coefficient (Wildman–Crippen LogP) is 8.08. The molecule has 1 atom stereocenters. The average Bonchev–Trinajstić information content (AvgIpc) is 2.77. The minimum atomic E-state index is -0.290. The van der Waals surface area contributed by atoms with Crippen LogP contribution in [0, 0.1) is 5.82 Å². The minimum absolute atomic E-state index is 0.290. The van der Waals surface area contributed by atoms with E-state index in [1.807, 2.05) is 6.08 Å². The number of aromatic nitrogens is 1. The fourth-order valence-electron chi connectivity index (χ4n) is 4.31. The quantitative estimate of drug-likeness (QED) is 0.315. The van der Waals surface area contributed by atoms with Gasteiger partial charge in [-0.2, -0.15) is 0 Å². The molecular formula is C29H37FN2. The fourth-order valence-corrected chi connectivity index (χ4v) is 4.31. The van der Waals surface area contributed by atoms with Gasteiger partial charge in [-0.1, -0.05) is 73.9 Å². The monoisotopic (exact) mass is 432 g/mol. The maximum atomic E-state index is 14.3. The van der Waals surface area contributed by atoms with Crippen molar-refractivity contribution in [2.45, 2.75) is 77.7 Å². The summed E-state index contributed by atoms with van der Waals surface area (Å²) in [5, 5.41) is 3.69. The Kier molecular flexibility index (Phi) is 9.27. The van der Waals surface area contributed by atoms with Crippen LogP contribution in [0.15, 0.2) is 72.0 Å². The van der Waals surface area contributed by atoms with Gasteiger partial charge in [0.1, 0.15) is 11.5 Å². The number of unbranched alkanes of at least 4 members (excludes halogenated alkanes) is 2. The summed E-state index contributed by atoms with van der Waals surface area (Å²) in [5.74, 6) is -0.290. The van der Waals surface area contributed by atoms with Gasteiger partial charge in [-0.25, -0.2) is 9.37 Å². The van der Waals surface area contributed by atoms with Crippen molar-refractivity contribution in [2.75, 3.05) is 0 Å². The van der Waals surface area contributed by atoms with Crippen LogP contribution in [0.2, 0.25) is 0 Å². The Balaban J connectivity index is 1.56. The highest BCUT2D eigenvalue weighted by molar-refractivity contribution is 5.73. The second-order valence-corrected chi connectivity index (χ2v) is 8.82. The van der Waals surface area contributed by atoms with Crippen LogP contribution >= 0.6 is 0 Å². The molecule has 1 aromatic rings. The first-order valence-corrected chi connectivity index (χ1v) is 12.0. The van der Waals surface area contributed by atoms with Gasteiger partial charge in [0.05, 0.1) is 5.69 Å². The van der Waals surface area contributed by atoms with Crippen molar-refractivity contribution in [1.82, 2.24) is 10.3 Å². The van der Waals surface area contributed by atoms with E-state index >= 15 is 0 Å². The van der Waals surface area contributed by atoms with E-state index in [-0.39, 0.29) is 5.82 Å². The van der Waals surface area contributed by atoms with Crippen molar-refractivity contribution >= 4 is 11.6 Å². The summed E-state index contributed by atoms with van der Waals surface area (Å²) in [5.41, 5.74) is 6.25. The highest BCUT2D eigenvalue weighted by atomic mass is 19.1. The second-order valence-electron chi connectivity index (χ2n) is 8.82. The molecule has 1 unspecified atom stereocenters. The average molecular weight is 433 g/mol. The Bertz CT molecular complexity index is 946. The van der Waals surface area contributed by atoms with E-state index in [9.17, 15) is 4.39 Å². The molecular weight excluding hydrogens is 395 g/mol. The van der Waals surface area contributed by atoms with Crippen LogP contribution in [0.1, 0.15) is 83.0 Å². The molecule has 1 aromatic heterocycles. The molecule has 2 nitrogen and oxygen atoms in total. The van der Waals surface area contributed by atoms with E-state index in [0.717, 1.165) is 37.7 Å². The number of hydrogen-bond acceptors (Lipinski definition) is 2. The smallest absolute Gasteiger partial charge is 0.149 e. The van der Waals surface area contributed by atoms with Crippen molar-refractivity contribution in [3.8, 4) is 0 Å². The van der Waals surface area contributed by atoms with Crippen molar-refractivity contribution in [1.29, 1.82) is 0 Å². The number of rotatable bonds is 9. The number of hydrogen-bond donors (Lipinski definition) is 1. The Labute approximate surface area is 193 Å². The van der Waals surface area contributed by atoms with Gasteiger partial charge in [0.15, 0.2) is 0 Å². The summed E-state index contributed by atoms with van der Waals surface area (Å²) < 4.78 is 14.3. The molecule has 0 radical (unpaired) electrons. The van der Waals surface area contributed by atoms with Gasteiger partial charge < -0.3 is 5.32 Å². The number of halogens is 1. The molecule has 0 aliphatic heterocycles. The lowest BCUT2D eigenvalue weighted by molar-refractivity contribution is 0.504. The second kappa shape index (κ2) is 12.4. The maximum absolute atomic E-state index is 14.3. The van der Waals surface area contributed by atoms with E-state index in [1.165, 1.54) is 43.0 Å². The normalized spacial score (nSPS) is 23.7. The summed E-state index contributed by atoms with van der Waals surface area (Å²) in [6, 6.07) is 3.68. The molecule has 170 valence electrons. The fraction of sp³-hybridized carbons (Fsp3) is 0.414. The maximum Gasteiger partial charge on any atom is 0.149 e. The van der Waals surface area contributed by atoms with Crippen molar-refractivity contribution in [3.63, 3.8) is 0 Å². The minimum Gasteiger partial charge on any atom is -0.386 e. The third-order valence-electron chi connectivity index (χ3n) is 6.17. The number of nitrogens with one attached hydrogen (secondary N) is 1. The van der Waals surface area contributed by atoms with Gasteiger partial charge in [0, 0.05) is 11.7 Å². The highest BCUT2D eigenvalue weighted by Gasteiger charge is 2.15. The Hall–Kier alpha value is -2.68. The summed E-state index contributed by atoms with van der Waals surface area (Å²) in [6.45, 7) is 8.16. The lowest BCUT2D eigenvalue weighted by Gasteiger charge is -2.25. The largest absolute Gasteiger partial charge is 0.386 e. The summed E-state index contributed by atoms with van der Waals surface area (Å²) >= 11 is 0. The zero-order valence-corrected chi connectivity index (χ0v) is 19.7. The molecule has 0 aromatic carbocycles. The van der Waals surface area contributed by atoms with Gasteiger partial charge in [-0.3, -0.25) is 0 Å². The third-order valence-corrected chi connectivity index (χ3v) is 6.17. The third kappa shape index (κ3) is 7.19. The van der Waals surface area contributed by atoms with Crippen molar-refractivity contribution in [3.05, 3.63) is 89.2 Å². The van der Waals surface area contributed by atoms with Crippen molar-refractivity contribution in [2.24, 2.45) is 0 Å². The molecule has 0 bridgehead atoms. The van der Waals surface area contributed by atoms with E-state index in [1.54, 1.807) is 17.7 Å².